The summed E-state index contributed by atoms with van der Waals surface area (Å²) in [4.78, 5) is 28.2. The summed E-state index contributed by atoms with van der Waals surface area (Å²) in [6.45, 7) is 9.80. The van der Waals surface area contributed by atoms with Crippen LogP contribution in [0.15, 0.2) is 16.7 Å². The quantitative estimate of drug-likeness (QED) is 0.836. The van der Waals surface area contributed by atoms with Gasteiger partial charge in [0.05, 0.1) is 5.56 Å². The number of hydrogen-bond donors (Lipinski definition) is 0. The van der Waals surface area contributed by atoms with Gasteiger partial charge in [0.15, 0.2) is 5.82 Å². The molecule has 3 heterocycles. The number of rotatable bonds is 2. The van der Waals surface area contributed by atoms with Crippen LogP contribution in [0, 0.1) is 20.8 Å². The minimum absolute atomic E-state index is 0.00460. The van der Waals surface area contributed by atoms with E-state index < -0.39 is 0 Å². The summed E-state index contributed by atoms with van der Waals surface area (Å²) < 4.78 is 7.10. The molecule has 7 nitrogen and oxygen atoms in total. The fourth-order valence-electron chi connectivity index (χ4n) is 3.40. The van der Waals surface area contributed by atoms with Crippen molar-refractivity contribution in [2.75, 3.05) is 26.2 Å². The Kier molecular flexibility index (Phi) is 4.65. The van der Waals surface area contributed by atoms with E-state index in [9.17, 15) is 9.59 Å². The third kappa shape index (κ3) is 3.31. The van der Waals surface area contributed by atoms with Gasteiger partial charge in [0.1, 0.15) is 5.76 Å². The zero-order valence-corrected chi connectivity index (χ0v) is 15.2. The molecule has 0 aliphatic carbocycles. The van der Waals surface area contributed by atoms with E-state index in [0.717, 1.165) is 23.6 Å². The summed E-state index contributed by atoms with van der Waals surface area (Å²) in [6, 6.07) is 3.75. The van der Waals surface area contributed by atoms with E-state index >= 15 is 0 Å². The predicted molar refractivity (Wildman–Crippen MR) is 92.8 cm³/mol. The molecule has 2 amide bonds. The molecule has 0 N–H and O–H groups in total. The SMILES string of the molecule is CC(=O)N1CCCN(C(=O)c2cc(C)n(-c3cc(C)on3)c2C)CC1. The van der Waals surface area contributed by atoms with Gasteiger partial charge in [-0.15, -0.1) is 0 Å². The van der Waals surface area contributed by atoms with Crippen molar-refractivity contribution in [3.8, 4) is 5.82 Å². The number of nitrogens with zero attached hydrogens (tertiary/aromatic N) is 4. The van der Waals surface area contributed by atoms with Gasteiger partial charge >= 0.3 is 0 Å². The summed E-state index contributed by atoms with van der Waals surface area (Å²) in [5.74, 6) is 1.48. The maximum Gasteiger partial charge on any atom is 0.255 e. The van der Waals surface area contributed by atoms with Crippen LogP contribution in [0.4, 0.5) is 0 Å². The largest absolute Gasteiger partial charge is 0.360 e. The Morgan fingerprint density at radius 2 is 1.72 bits per heavy atom. The highest BCUT2D eigenvalue weighted by Crippen LogP contribution is 2.22. The molecule has 0 aromatic carbocycles. The lowest BCUT2D eigenvalue weighted by Crippen LogP contribution is -2.36. The monoisotopic (exact) mass is 344 g/mol. The van der Waals surface area contributed by atoms with Gasteiger partial charge < -0.3 is 14.3 Å². The summed E-state index contributed by atoms with van der Waals surface area (Å²) in [5.41, 5.74) is 2.47. The molecule has 0 unspecified atom stereocenters. The Labute approximate surface area is 147 Å². The van der Waals surface area contributed by atoms with Gasteiger partial charge in [-0.3, -0.25) is 14.2 Å². The molecule has 7 heteroatoms. The first-order chi connectivity index (χ1) is 11.9. The molecule has 0 atom stereocenters. The van der Waals surface area contributed by atoms with E-state index in [2.05, 4.69) is 5.16 Å². The molecular weight excluding hydrogens is 320 g/mol. The van der Waals surface area contributed by atoms with Crippen LogP contribution in [-0.4, -0.2) is 57.5 Å². The van der Waals surface area contributed by atoms with E-state index in [1.807, 2.05) is 42.4 Å². The highest BCUT2D eigenvalue weighted by atomic mass is 16.5. The van der Waals surface area contributed by atoms with Crippen molar-refractivity contribution < 1.29 is 14.1 Å². The van der Waals surface area contributed by atoms with Gasteiger partial charge in [-0.2, -0.15) is 0 Å². The molecule has 3 rings (SSSR count). The van der Waals surface area contributed by atoms with Crippen molar-refractivity contribution in [2.24, 2.45) is 0 Å². The summed E-state index contributed by atoms with van der Waals surface area (Å²) in [6.07, 6.45) is 0.798. The number of amides is 2. The van der Waals surface area contributed by atoms with Crippen LogP contribution in [0.2, 0.25) is 0 Å². The Bertz CT molecular complexity index is 805. The van der Waals surface area contributed by atoms with Crippen molar-refractivity contribution in [2.45, 2.75) is 34.1 Å². The molecule has 0 radical (unpaired) electrons. The molecule has 0 spiro atoms. The van der Waals surface area contributed by atoms with Gasteiger partial charge in [0.2, 0.25) is 5.91 Å². The number of aryl methyl sites for hydroxylation is 2. The number of aromatic nitrogens is 2. The predicted octanol–water partition coefficient (Wildman–Crippen LogP) is 2.08. The van der Waals surface area contributed by atoms with Crippen molar-refractivity contribution >= 4 is 11.8 Å². The second-order valence-corrected chi connectivity index (χ2v) is 6.57. The van der Waals surface area contributed by atoms with Gasteiger partial charge in [-0.25, -0.2) is 0 Å². The topological polar surface area (TPSA) is 71.6 Å². The molecular formula is C18H24N4O3. The molecule has 134 valence electrons. The molecule has 2 aromatic heterocycles. The van der Waals surface area contributed by atoms with Gasteiger partial charge in [0.25, 0.3) is 5.91 Å². The molecule has 1 aliphatic heterocycles. The van der Waals surface area contributed by atoms with Crippen LogP contribution >= 0.6 is 0 Å². The molecule has 1 aliphatic rings. The Balaban J connectivity index is 1.84. The summed E-state index contributed by atoms with van der Waals surface area (Å²) in [5, 5.41) is 4.06. The van der Waals surface area contributed by atoms with Crippen molar-refractivity contribution in [3.63, 3.8) is 0 Å². The van der Waals surface area contributed by atoms with E-state index in [4.69, 9.17) is 4.52 Å². The van der Waals surface area contributed by atoms with Crippen molar-refractivity contribution in [1.82, 2.24) is 19.5 Å². The molecule has 0 saturated carbocycles. The minimum atomic E-state index is 0.00460. The molecule has 25 heavy (non-hydrogen) atoms. The molecule has 0 bridgehead atoms. The van der Waals surface area contributed by atoms with E-state index in [-0.39, 0.29) is 11.8 Å². The average Bonchev–Trinajstić information content (AvgIpc) is 2.99. The zero-order chi connectivity index (χ0) is 18.1. The van der Waals surface area contributed by atoms with E-state index in [1.54, 1.807) is 11.8 Å². The lowest BCUT2D eigenvalue weighted by molar-refractivity contribution is -0.128. The second kappa shape index (κ2) is 6.74. The summed E-state index contributed by atoms with van der Waals surface area (Å²) in [7, 11) is 0. The molecule has 2 aromatic rings. The summed E-state index contributed by atoms with van der Waals surface area (Å²) >= 11 is 0. The van der Waals surface area contributed by atoms with Crippen LogP contribution < -0.4 is 0 Å². The minimum Gasteiger partial charge on any atom is -0.360 e. The maximum absolute atomic E-state index is 13.0. The smallest absolute Gasteiger partial charge is 0.255 e. The Morgan fingerprint density at radius 3 is 2.36 bits per heavy atom. The zero-order valence-electron chi connectivity index (χ0n) is 15.2. The number of carbonyl (C=O) groups excluding carboxylic acids is 2. The lowest BCUT2D eigenvalue weighted by atomic mass is 10.2. The number of carbonyl (C=O) groups is 2. The first kappa shape index (κ1) is 17.3. The maximum atomic E-state index is 13.0. The van der Waals surface area contributed by atoms with Crippen LogP contribution in [0.1, 0.15) is 40.9 Å². The Hall–Kier alpha value is -2.57. The fourth-order valence-corrected chi connectivity index (χ4v) is 3.40. The van der Waals surface area contributed by atoms with Gasteiger partial charge in [-0.05, 0) is 33.3 Å². The van der Waals surface area contributed by atoms with Crippen LogP contribution in [0.5, 0.6) is 0 Å². The molecule has 1 fully saturated rings. The van der Waals surface area contributed by atoms with E-state index in [0.29, 0.717) is 37.6 Å². The van der Waals surface area contributed by atoms with Crippen LogP contribution in [0.3, 0.4) is 0 Å². The first-order valence-electron chi connectivity index (χ1n) is 8.56. The van der Waals surface area contributed by atoms with Gasteiger partial charge in [0, 0.05) is 50.6 Å². The van der Waals surface area contributed by atoms with Crippen molar-refractivity contribution in [3.05, 3.63) is 34.8 Å². The number of hydrogen-bond acceptors (Lipinski definition) is 4. The first-order valence-corrected chi connectivity index (χ1v) is 8.56. The van der Waals surface area contributed by atoms with Crippen molar-refractivity contribution in [1.29, 1.82) is 0 Å². The normalized spacial score (nSPS) is 15.4. The van der Waals surface area contributed by atoms with Gasteiger partial charge in [-0.1, -0.05) is 5.16 Å². The van der Waals surface area contributed by atoms with Crippen LogP contribution in [0.25, 0.3) is 5.82 Å². The van der Waals surface area contributed by atoms with Crippen LogP contribution in [-0.2, 0) is 4.79 Å². The van der Waals surface area contributed by atoms with E-state index in [1.165, 1.54) is 0 Å². The third-order valence-corrected chi connectivity index (χ3v) is 4.73. The highest BCUT2D eigenvalue weighted by Gasteiger charge is 2.25. The average molecular weight is 344 g/mol. The fraction of sp³-hybridized carbons (Fsp3) is 0.500. The molecule has 1 saturated heterocycles. The third-order valence-electron chi connectivity index (χ3n) is 4.73. The Morgan fingerprint density at radius 1 is 1.04 bits per heavy atom. The highest BCUT2D eigenvalue weighted by molar-refractivity contribution is 5.96. The second-order valence-electron chi connectivity index (χ2n) is 6.57. The lowest BCUT2D eigenvalue weighted by Gasteiger charge is -2.21. The standard InChI is InChI=1S/C18H24N4O3/c1-12-10-16(14(3)22(12)17-11-13(2)25-19-17)18(24)21-7-5-6-20(8-9-21)15(4)23/h10-11H,5-9H2,1-4H3.